The largest absolute Gasteiger partial charge is 0.326 e. The molecule has 0 bridgehead atoms. The summed E-state index contributed by atoms with van der Waals surface area (Å²) in [5.41, 5.74) is 2.13. The van der Waals surface area contributed by atoms with E-state index in [1.54, 1.807) is 43.3 Å². The standard InChI is InChI=1S/C21H25FN4O3/c1-4-26(13-21(29)25-18-6-5-14(2)19(22)11-18)12-20(28)24-17-9-7-16(8-10-17)23-15(3)27/h5-11H,4,12-13H2,1-3H3,(H,23,27)(H,24,28)(H,25,29)/p+1. The van der Waals surface area contributed by atoms with Crippen molar-refractivity contribution in [3.8, 4) is 0 Å². The predicted molar refractivity (Wildman–Crippen MR) is 110 cm³/mol. The van der Waals surface area contributed by atoms with Crippen LogP contribution in [0.25, 0.3) is 0 Å². The normalized spacial score (nSPS) is 11.4. The second-order valence-corrected chi connectivity index (χ2v) is 6.78. The van der Waals surface area contributed by atoms with E-state index < -0.39 is 0 Å². The Bertz CT molecular complexity index is 884. The Morgan fingerprint density at radius 1 is 0.862 bits per heavy atom. The van der Waals surface area contributed by atoms with Gasteiger partial charge in [-0.15, -0.1) is 0 Å². The molecule has 29 heavy (non-hydrogen) atoms. The molecule has 2 aromatic carbocycles. The van der Waals surface area contributed by atoms with Crippen molar-refractivity contribution in [1.29, 1.82) is 0 Å². The summed E-state index contributed by atoms with van der Waals surface area (Å²) in [5, 5.41) is 8.07. The van der Waals surface area contributed by atoms with E-state index in [1.807, 2.05) is 6.92 Å². The fraction of sp³-hybridized carbons (Fsp3) is 0.286. The smallest absolute Gasteiger partial charge is 0.279 e. The molecule has 2 rings (SSSR count). The van der Waals surface area contributed by atoms with Crippen molar-refractivity contribution in [3.63, 3.8) is 0 Å². The van der Waals surface area contributed by atoms with Crippen LogP contribution in [0.15, 0.2) is 42.5 Å². The summed E-state index contributed by atoms with van der Waals surface area (Å²) in [5.74, 6) is -1.08. The fourth-order valence-electron chi connectivity index (χ4n) is 2.69. The molecule has 0 spiro atoms. The molecule has 1 unspecified atom stereocenters. The van der Waals surface area contributed by atoms with Crippen LogP contribution in [0.3, 0.4) is 0 Å². The van der Waals surface area contributed by atoms with Crippen molar-refractivity contribution >= 4 is 34.8 Å². The number of nitrogens with one attached hydrogen (secondary N) is 4. The van der Waals surface area contributed by atoms with E-state index in [-0.39, 0.29) is 36.6 Å². The van der Waals surface area contributed by atoms with Crippen LogP contribution in [0.4, 0.5) is 21.5 Å². The Labute approximate surface area is 169 Å². The molecule has 1 atom stereocenters. The Kier molecular flexibility index (Phi) is 7.85. The minimum Gasteiger partial charge on any atom is -0.326 e. The molecule has 0 heterocycles. The molecule has 2 aromatic rings. The Hall–Kier alpha value is -3.26. The zero-order chi connectivity index (χ0) is 21.4. The number of amides is 3. The summed E-state index contributed by atoms with van der Waals surface area (Å²) in [7, 11) is 0. The molecule has 0 aliphatic rings. The third-order valence-corrected chi connectivity index (χ3v) is 4.27. The van der Waals surface area contributed by atoms with E-state index in [2.05, 4.69) is 16.0 Å². The van der Waals surface area contributed by atoms with E-state index in [9.17, 15) is 18.8 Å². The van der Waals surface area contributed by atoms with Gasteiger partial charge in [-0.1, -0.05) is 6.07 Å². The molecule has 0 radical (unpaired) electrons. The van der Waals surface area contributed by atoms with Crippen LogP contribution >= 0.6 is 0 Å². The predicted octanol–water partition coefficient (Wildman–Crippen LogP) is 1.57. The first-order valence-electron chi connectivity index (χ1n) is 9.34. The number of benzene rings is 2. The Balaban J connectivity index is 1.86. The number of aryl methyl sites for hydroxylation is 1. The van der Waals surface area contributed by atoms with Crippen molar-refractivity contribution in [2.24, 2.45) is 0 Å². The molecule has 0 saturated carbocycles. The summed E-state index contributed by atoms with van der Waals surface area (Å²) >= 11 is 0. The molecule has 0 aliphatic carbocycles. The number of anilines is 3. The number of likely N-dealkylation sites (N-methyl/N-ethyl adjacent to an activating group) is 1. The molecule has 154 valence electrons. The number of carbonyl (C=O) groups excluding carboxylic acids is 3. The second-order valence-electron chi connectivity index (χ2n) is 6.78. The highest BCUT2D eigenvalue weighted by molar-refractivity contribution is 5.93. The van der Waals surface area contributed by atoms with Crippen molar-refractivity contribution < 1.29 is 23.7 Å². The van der Waals surface area contributed by atoms with Gasteiger partial charge in [0.1, 0.15) is 5.82 Å². The zero-order valence-corrected chi connectivity index (χ0v) is 16.8. The number of carbonyl (C=O) groups is 3. The first-order chi connectivity index (χ1) is 13.8. The van der Waals surface area contributed by atoms with Gasteiger partial charge < -0.3 is 20.9 Å². The van der Waals surface area contributed by atoms with Gasteiger partial charge in [-0.25, -0.2) is 4.39 Å². The molecule has 0 saturated heterocycles. The lowest BCUT2D eigenvalue weighted by Gasteiger charge is -2.17. The van der Waals surface area contributed by atoms with Gasteiger partial charge in [0.25, 0.3) is 11.8 Å². The summed E-state index contributed by atoms with van der Waals surface area (Å²) in [6, 6.07) is 11.3. The van der Waals surface area contributed by atoms with Crippen LogP contribution in [-0.2, 0) is 14.4 Å². The Morgan fingerprint density at radius 2 is 1.34 bits per heavy atom. The van der Waals surface area contributed by atoms with Crippen LogP contribution in [0.2, 0.25) is 0 Å². The van der Waals surface area contributed by atoms with Gasteiger partial charge in [-0.3, -0.25) is 14.4 Å². The first-order valence-corrected chi connectivity index (χ1v) is 9.34. The number of quaternary nitrogens is 1. The second kappa shape index (κ2) is 10.3. The minimum absolute atomic E-state index is 0.0842. The average Bonchev–Trinajstić information content (AvgIpc) is 2.65. The summed E-state index contributed by atoms with van der Waals surface area (Å²) in [4.78, 5) is 36.3. The quantitative estimate of drug-likeness (QED) is 0.541. The number of rotatable bonds is 8. The van der Waals surface area contributed by atoms with Gasteiger partial charge in [0.05, 0.1) is 6.54 Å². The SMILES string of the molecule is CC[NH+](CC(=O)Nc1ccc(NC(C)=O)cc1)CC(=O)Nc1ccc(C)c(F)c1. The lowest BCUT2D eigenvalue weighted by atomic mass is 10.2. The van der Waals surface area contributed by atoms with E-state index in [0.717, 1.165) is 4.90 Å². The molecule has 7 nitrogen and oxygen atoms in total. The van der Waals surface area contributed by atoms with Crippen molar-refractivity contribution in [2.45, 2.75) is 20.8 Å². The van der Waals surface area contributed by atoms with E-state index in [1.165, 1.54) is 13.0 Å². The molecular weight excluding hydrogens is 375 g/mol. The maximum Gasteiger partial charge on any atom is 0.279 e. The summed E-state index contributed by atoms with van der Waals surface area (Å²) in [6.45, 7) is 5.72. The van der Waals surface area contributed by atoms with Gasteiger partial charge >= 0.3 is 0 Å². The molecular formula is C21H26FN4O3+. The van der Waals surface area contributed by atoms with Crippen LogP contribution in [0.1, 0.15) is 19.4 Å². The van der Waals surface area contributed by atoms with Crippen LogP contribution in [0, 0.1) is 12.7 Å². The lowest BCUT2D eigenvalue weighted by Crippen LogP contribution is -3.13. The van der Waals surface area contributed by atoms with Crippen molar-refractivity contribution in [1.82, 2.24) is 0 Å². The molecule has 8 heteroatoms. The van der Waals surface area contributed by atoms with Crippen molar-refractivity contribution in [2.75, 3.05) is 35.6 Å². The fourth-order valence-corrected chi connectivity index (χ4v) is 2.69. The summed E-state index contributed by atoms with van der Waals surface area (Å²) < 4.78 is 13.6. The molecule has 0 aliphatic heterocycles. The van der Waals surface area contributed by atoms with Crippen LogP contribution in [0.5, 0.6) is 0 Å². The third kappa shape index (κ3) is 7.34. The van der Waals surface area contributed by atoms with Gasteiger partial charge in [-0.2, -0.15) is 0 Å². The van der Waals surface area contributed by atoms with Gasteiger partial charge in [0, 0.05) is 24.0 Å². The third-order valence-electron chi connectivity index (χ3n) is 4.27. The summed E-state index contributed by atoms with van der Waals surface area (Å²) in [6.07, 6.45) is 0. The highest BCUT2D eigenvalue weighted by Crippen LogP contribution is 2.14. The average molecular weight is 401 g/mol. The number of hydrogen-bond donors (Lipinski definition) is 4. The van der Waals surface area contributed by atoms with E-state index >= 15 is 0 Å². The Morgan fingerprint density at radius 3 is 1.83 bits per heavy atom. The molecule has 0 aromatic heterocycles. The van der Waals surface area contributed by atoms with Gasteiger partial charge in [-0.05, 0) is 55.8 Å². The molecule has 4 N–H and O–H groups in total. The highest BCUT2D eigenvalue weighted by Gasteiger charge is 2.17. The zero-order valence-electron chi connectivity index (χ0n) is 16.8. The minimum atomic E-state index is -0.383. The maximum atomic E-state index is 13.6. The molecule has 3 amide bonds. The lowest BCUT2D eigenvalue weighted by molar-refractivity contribution is -0.881. The first kappa shape index (κ1) is 22.0. The van der Waals surface area contributed by atoms with E-state index in [0.29, 0.717) is 29.2 Å². The van der Waals surface area contributed by atoms with Crippen LogP contribution in [-0.4, -0.2) is 37.4 Å². The van der Waals surface area contributed by atoms with Gasteiger partial charge in [0.15, 0.2) is 13.1 Å². The topological polar surface area (TPSA) is 91.7 Å². The number of hydrogen-bond acceptors (Lipinski definition) is 3. The van der Waals surface area contributed by atoms with Gasteiger partial charge in [0.2, 0.25) is 5.91 Å². The maximum absolute atomic E-state index is 13.6. The highest BCUT2D eigenvalue weighted by atomic mass is 19.1. The number of halogens is 1. The van der Waals surface area contributed by atoms with Crippen LogP contribution < -0.4 is 20.9 Å². The monoisotopic (exact) mass is 401 g/mol. The van der Waals surface area contributed by atoms with Crippen molar-refractivity contribution in [3.05, 3.63) is 53.8 Å². The van der Waals surface area contributed by atoms with E-state index in [4.69, 9.17) is 0 Å². The molecule has 0 fully saturated rings.